The maximum atomic E-state index is 12.6. The second kappa shape index (κ2) is 4.44. The van der Waals surface area contributed by atoms with Gasteiger partial charge in [0.2, 0.25) is 0 Å². The molecule has 0 saturated carbocycles. The third-order valence-electron chi connectivity index (χ3n) is 1.58. The summed E-state index contributed by atoms with van der Waals surface area (Å²) in [6.07, 6.45) is -3.91. The maximum absolute atomic E-state index is 12.6. The van der Waals surface area contributed by atoms with Crippen molar-refractivity contribution in [1.29, 1.82) is 0 Å². The lowest BCUT2D eigenvalue weighted by atomic mass is 10.2. The van der Waals surface area contributed by atoms with E-state index in [0.717, 1.165) is 12.1 Å². The predicted molar refractivity (Wildman–Crippen MR) is 50.1 cm³/mol. The molecule has 0 aliphatic heterocycles. The smallest absolute Gasteiger partial charge is 0.474 e. The minimum absolute atomic E-state index is 0.163. The zero-order chi connectivity index (χ0) is 12.3. The fourth-order valence-electron chi connectivity index (χ4n) is 0.855. The number of alkyl halides is 2. The van der Waals surface area contributed by atoms with Crippen molar-refractivity contribution in [3.63, 3.8) is 0 Å². The van der Waals surface area contributed by atoms with E-state index in [-0.39, 0.29) is 10.6 Å². The van der Waals surface area contributed by atoms with Gasteiger partial charge in [-0.15, -0.1) is 0 Å². The van der Waals surface area contributed by atoms with Crippen molar-refractivity contribution in [2.75, 3.05) is 0 Å². The van der Waals surface area contributed by atoms with E-state index in [2.05, 4.69) is 4.74 Å². The van der Waals surface area contributed by atoms with Crippen LogP contribution >= 0.6 is 11.6 Å². The molecular weight excluding hydrogens is 246 g/mol. The zero-order valence-corrected chi connectivity index (χ0v) is 8.37. The molecule has 86 valence electrons. The second-order valence-electron chi connectivity index (χ2n) is 2.73. The van der Waals surface area contributed by atoms with Gasteiger partial charge in [0.1, 0.15) is 12.0 Å². The summed E-state index contributed by atoms with van der Waals surface area (Å²) in [4.78, 5) is 20.4. The van der Waals surface area contributed by atoms with Crippen LogP contribution in [0.4, 0.5) is 8.78 Å². The number of carboxylic acids is 1. The van der Waals surface area contributed by atoms with E-state index in [0.29, 0.717) is 6.29 Å². The topological polar surface area (TPSA) is 63.6 Å². The number of hydrogen-bond donors (Lipinski definition) is 1. The van der Waals surface area contributed by atoms with E-state index in [1.165, 1.54) is 6.07 Å². The molecule has 0 aromatic heterocycles. The number of halogens is 3. The minimum Gasteiger partial charge on any atom is -0.474 e. The van der Waals surface area contributed by atoms with Gasteiger partial charge >= 0.3 is 12.1 Å². The number of carbonyl (C=O) groups is 2. The molecule has 0 aliphatic rings. The number of carbonyl (C=O) groups excluding carboxylic acids is 1. The molecular formula is C9H5ClF2O4. The summed E-state index contributed by atoms with van der Waals surface area (Å²) in [5.74, 6) is -2.94. The molecule has 1 aromatic rings. The molecule has 0 radical (unpaired) electrons. The summed E-state index contributed by atoms with van der Waals surface area (Å²) in [6, 6.07) is 3.25. The van der Waals surface area contributed by atoms with Crippen LogP contribution in [0.15, 0.2) is 18.2 Å². The number of hydrogen-bond acceptors (Lipinski definition) is 3. The maximum Gasteiger partial charge on any atom is 0.501 e. The van der Waals surface area contributed by atoms with Crippen molar-refractivity contribution >= 4 is 23.9 Å². The minimum atomic E-state index is -4.37. The highest BCUT2D eigenvalue weighted by Crippen LogP contribution is 2.29. The van der Waals surface area contributed by atoms with Gasteiger partial charge in [0, 0.05) is 5.56 Å². The number of benzene rings is 1. The van der Waals surface area contributed by atoms with E-state index >= 15 is 0 Å². The number of rotatable bonds is 4. The van der Waals surface area contributed by atoms with Gasteiger partial charge < -0.3 is 9.84 Å². The molecule has 0 aliphatic carbocycles. The van der Waals surface area contributed by atoms with Crippen LogP contribution < -0.4 is 4.74 Å². The molecule has 0 spiro atoms. The number of carboxylic acid groups (broad SMARTS) is 1. The van der Waals surface area contributed by atoms with Crippen molar-refractivity contribution in [2.24, 2.45) is 0 Å². The molecule has 0 heterocycles. The molecule has 1 aromatic carbocycles. The van der Waals surface area contributed by atoms with Gasteiger partial charge in [0.05, 0.1) is 5.02 Å². The Kier molecular flexibility index (Phi) is 3.44. The second-order valence-corrected chi connectivity index (χ2v) is 3.14. The van der Waals surface area contributed by atoms with E-state index in [9.17, 15) is 18.4 Å². The monoisotopic (exact) mass is 250 g/mol. The first-order valence-electron chi connectivity index (χ1n) is 3.92. The van der Waals surface area contributed by atoms with Gasteiger partial charge in [-0.1, -0.05) is 11.6 Å². The molecule has 0 amide bonds. The van der Waals surface area contributed by atoms with Crippen LogP contribution in [0.25, 0.3) is 0 Å². The van der Waals surface area contributed by atoms with Crippen molar-refractivity contribution in [3.8, 4) is 5.75 Å². The van der Waals surface area contributed by atoms with Gasteiger partial charge in [-0.3, -0.25) is 4.79 Å². The van der Waals surface area contributed by atoms with E-state index in [1.54, 1.807) is 0 Å². The summed E-state index contributed by atoms with van der Waals surface area (Å²) in [5.41, 5.74) is 0.163. The SMILES string of the molecule is O=Cc1ccc(OC(F)(F)C(=O)O)c(Cl)c1. The summed E-state index contributed by atoms with van der Waals surface area (Å²) in [7, 11) is 0. The Morgan fingerprint density at radius 1 is 1.50 bits per heavy atom. The van der Waals surface area contributed by atoms with Gasteiger partial charge in [-0.25, -0.2) is 4.79 Å². The first-order valence-corrected chi connectivity index (χ1v) is 4.29. The summed E-state index contributed by atoms with van der Waals surface area (Å²) >= 11 is 5.51. The Hall–Kier alpha value is -1.69. The number of aldehydes is 1. The van der Waals surface area contributed by atoms with Gasteiger partial charge in [-0.2, -0.15) is 8.78 Å². The largest absolute Gasteiger partial charge is 0.501 e. The third-order valence-corrected chi connectivity index (χ3v) is 1.87. The highest BCUT2D eigenvalue weighted by molar-refractivity contribution is 6.32. The molecule has 0 unspecified atom stereocenters. The first kappa shape index (κ1) is 12.4. The summed E-state index contributed by atoms with van der Waals surface area (Å²) in [5, 5.41) is 7.85. The van der Waals surface area contributed by atoms with Crippen LogP contribution in [0.2, 0.25) is 5.02 Å². The Labute approximate surface area is 93.4 Å². The molecule has 0 bridgehead atoms. The standard InChI is InChI=1S/C9H5ClF2O4/c10-6-3-5(4-13)1-2-7(6)16-9(11,12)8(14)15/h1-4H,(H,14,15). The highest BCUT2D eigenvalue weighted by atomic mass is 35.5. The number of aliphatic carboxylic acids is 1. The zero-order valence-electron chi connectivity index (χ0n) is 7.62. The molecule has 16 heavy (non-hydrogen) atoms. The fourth-order valence-corrected chi connectivity index (χ4v) is 1.08. The van der Waals surface area contributed by atoms with Crippen molar-refractivity contribution in [1.82, 2.24) is 0 Å². The highest BCUT2D eigenvalue weighted by Gasteiger charge is 2.42. The third kappa shape index (κ3) is 2.66. The number of ether oxygens (including phenoxy) is 1. The first-order chi connectivity index (χ1) is 7.36. The Morgan fingerprint density at radius 2 is 2.12 bits per heavy atom. The normalized spacial score (nSPS) is 10.9. The average molecular weight is 251 g/mol. The Bertz CT molecular complexity index is 434. The predicted octanol–water partition coefficient (Wildman–Crippen LogP) is 2.21. The van der Waals surface area contributed by atoms with Crippen molar-refractivity contribution in [3.05, 3.63) is 28.8 Å². The van der Waals surface area contributed by atoms with Crippen molar-refractivity contribution in [2.45, 2.75) is 6.11 Å². The van der Waals surface area contributed by atoms with Crippen LogP contribution in [0, 0.1) is 0 Å². The van der Waals surface area contributed by atoms with E-state index in [4.69, 9.17) is 16.7 Å². The fraction of sp³-hybridized carbons (Fsp3) is 0.111. The molecule has 7 heteroatoms. The van der Waals surface area contributed by atoms with Gasteiger partial charge in [0.15, 0.2) is 0 Å². The summed E-state index contributed by atoms with van der Waals surface area (Å²) < 4.78 is 29.2. The average Bonchev–Trinajstić information content (AvgIpc) is 2.20. The molecule has 4 nitrogen and oxygen atoms in total. The van der Waals surface area contributed by atoms with Gasteiger partial charge in [0.25, 0.3) is 0 Å². The van der Waals surface area contributed by atoms with Crippen LogP contribution in [-0.4, -0.2) is 23.5 Å². The molecule has 1 rings (SSSR count). The molecule has 0 atom stereocenters. The molecule has 0 saturated heterocycles. The quantitative estimate of drug-likeness (QED) is 0.832. The lowest BCUT2D eigenvalue weighted by molar-refractivity contribution is -0.210. The van der Waals surface area contributed by atoms with E-state index in [1.807, 2.05) is 0 Å². The van der Waals surface area contributed by atoms with Crippen LogP contribution in [0.1, 0.15) is 10.4 Å². The van der Waals surface area contributed by atoms with Crippen LogP contribution in [-0.2, 0) is 4.79 Å². The van der Waals surface area contributed by atoms with Crippen molar-refractivity contribution < 1.29 is 28.2 Å². The Morgan fingerprint density at radius 3 is 2.56 bits per heavy atom. The van der Waals surface area contributed by atoms with Gasteiger partial charge in [-0.05, 0) is 18.2 Å². The van der Waals surface area contributed by atoms with E-state index < -0.39 is 17.8 Å². The lowest BCUT2D eigenvalue weighted by Gasteiger charge is -2.14. The van der Waals surface area contributed by atoms with Crippen LogP contribution in [0.5, 0.6) is 5.75 Å². The van der Waals surface area contributed by atoms with Crippen LogP contribution in [0.3, 0.4) is 0 Å². The molecule has 1 N–H and O–H groups in total. The Balaban J connectivity index is 2.98. The molecule has 0 fully saturated rings. The lowest BCUT2D eigenvalue weighted by Crippen LogP contribution is -2.34. The summed E-state index contributed by atoms with van der Waals surface area (Å²) in [6.45, 7) is 0.